The quantitative estimate of drug-likeness (QED) is 0.833. The Hall–Kier alpha value is -2.43. The van der Waals surface area contributed by atoms with E-state index in [4.69, 9.17) is 10.2 Å². The molecule has 98 valence electrons. The van der Waals surface area contributed by atoms with E-state index in [1.54, 1.807) is 12.1 Å². The average molecular weight is 262 g/mol. The maximum atomic E-state index is 14.2. The number of fused-ring (bicyclic) bond motifs is 1. The number of hydrogen-bond donors (Lipinski definition) is 2. The molecule has 0 amide bonds. The number of carboxylic acids is 2. The smallest absolute Gasteiger partial charge is 0.358 e. The first kappa shape index (κ1) is 13.0. The zero-order valence-electron chi connectivity index (χ0n) is 10.1. The number of benzene rings is 2. The van der Waals surface area contributed by atoms with Gasteiger partial charge in [-0.25, -0.2) is 14.0 Å². The van der Waals surface area contributed by atoms with E-state index < -0.39 is 23.2 Å². The first-order chi connectivity index (χ1) is 8.85. The van der Waals surface area contributed by atoms with E-state index in [9.17, 15) is 14.0 Å². The first-order valence-corrected chi connectivity index (χ1v) is 5.52. The predicted molar refractivity (Wildman–Crippen MR) is 66.7 cm³/mol. The standard InChI is InChI=1S/C14H11FO4/c1-8-2-3-10-7-11(5-4-9(10)6-8)14(15,12(16)17)13(18)19/h2-7H,1H3,(H,16,17)(H,18,19). The molecular weight excluding hydrogens is 251 g/mol. The molecule has 0 atom stereocenters. The van der Waals surface area contributed by atoms with Crippen LogP contribution in [0.4, 0.5) is 4.39 Å². The molecule has 0 aliphatic heterocycles. The van der Waals surface area contributed by atoms with Crippen molar-refractivity contribution < 1.29 is 24.2 Å². The summed E-state index contributed by atoms with van der Waals surface area (Å²) in [5.41, 5.74) is -2.83. The van der Waals surface area contributed by atoms with Crippen molar-refractivity contribution in [2.24, 2.45) is 0 Å². The molecule has 0 aromatic heterocycles. The maximum absolute atomic E-state index is 14.2. The van der Waals surface area contributed by atoms with Crippen LogP contribution >= 0.6 is 0 Å². The van der Waals surface area contributed by atoms with Crippen molar-refractivity contribution in [3.63, 3.8) is 0 Å². The molecule has 0 radical (unpaired) electrons. The van der Waals surface area contributed by atoms with Crippen molar-refractivity contribution in [2.45, 2.75) is 12.6 Å². The fraction of sp³-hybridized carbons (Fsp3) is 0.143. The van der Waals surface area contributed by atoms with Gasteiger partial charge >= 0.3 is 17.6 Å². The molecule has 0 fully saturated rings. The Morgan fingerprint density at radius 3 is 2.11 bits per heavy atom. The van der Waals surface area contributed by atoms with E-state index in [1.807, 2.05) is 13.0 Å². The van der Waals surface area contributed by atoms with E-state index in [1.165, 1.54) is 18.2 Å². The number of halogens is 1. The van der Waals surface area contributed by atoms with Gasteiger partial charge in [0.05, 0.1) is 0 Å². The average Bonchev–Trinajstić information content (AvgIpc) is 2.36. The molecule has 0 spiro atoms. The number of aryl methyl sites for hydroxylation is 1. The Morgan fingerprint density at radius 1 is 1.00 bits per heavy atom. The Kier molecular flexibility index (Phi) is 2.98. The molecule has 2 aromatic carbocycles. The van der Waals surface area contributed by atoms with Crippen LogP contribution in [0.5, 0.6) is 0 Å². The fourth-order valence-corrected chi connectivity index (χ4v) is 1.92. The lowest BCUT2D eigenvalue weighted by atomic mass is 9.93. The fourth-order valence-electron chi connectivity index (χ4n) is 1.92. The van der Waals surface area contributed by atoms with Crippen molar-refractivity contribution in [2.75, 3.05) is 0 Å². The molecule has 0 saturated heterocycles. The number of carboxylic acid groups (broad SMARTS) is 2. The summed E-state index contributed by atoms with van der Waals surface area (Å²) in [6.07, 6.45) is 0. The third-order valence-corrected chi connectivity index (χ3v) is 2.98. The third-order valence-electron chi connectivity index (χ3n) is 2.98. The van der Waals surface area contributed by atoms with Crippen molar-refractivity contribution in [3.05, 3.63) is 47.5 Å². The monoisotopic (exact) mass is 262 g/mol. The molecule has 0 bridgehead atoms. The van der Waals surface area contributed by atoms with Crippen LogP contribution < -0.4 is 0 Å². The zero-order valence-corrected chi connectivity index (χ0v) is 10.1. The van der Waals surface area contributed by atoms with Gasteiger partial charge in [-0.3, -0.25) is 0 Å². The lowest BCUT2D eigenvalue weighted by Gasteiger charge is -2.16. The summed E-state index contributed by atoms with van der Waals surface area (Å²) in [7, 11) is 0. The summed E-state index contributed by atoms with van der Waals surface area (Å²) >= 11 is 0. The summed E-state index contributed by atoms with van der Waals surface area (Å²) < 4.78 is 14.2. The topological polar surface area (TPSA) is 74.6 Å². The van der Waals surface area contributed by atoms with Gasteiger partial charge in [-0.2, -0.15) is 0 Å². The Labute approximate surface area is 108 Å². The van der Waals surface area contributed by atoms with Crippen LogP contribution in [0.1, 0.15) is 11.1 Å². The predicted octanol–water partition coefficient (Wildman–Crippen LogP) is 2.48. The van der Waals surface area contributed by atoms with Crippen molar-refractivity contribution in [3.8, 4) is 0 Å². The Morgan fingerprint density at radius 2 is 1.53 bits per heavy atom. The van der Waals surface area contributed by atoms with E-state index in [0.29, 0.717) is 5.39 Å². The minimum Gasteiger partial charge on any atom is -0.478 e. The second-order valence-electron chi connectivity index (χ2n) is 4.33. The highest BCUT2D eigenvalue weighted by Crippen LogP contribution is 2.30. The van der Waals surface area contributed by atoms with Gasteiger partial charge in [0, 0.05) is 5.56 Å². The maximum Gasteiger partial charge on any atom is 0.358 e. The number of rotatable bonds is 3. The minimum absolute atomic E-state index is 0.399. The molecular formula is C14H11FO4. The molecule has 2 N–H and O–H groups in total. The highest BCUT2D eigenvalue weighted by atomic mass is 19.1. The SMILES string of the molecule is Cc1ccc2cc(C(F)(C(=O)O)C(=O)O)ccc2c1. The second-order valence-corrected chi connectivity index (χ2v) is 4.33. The van der Waals surface area contributed by atoms with Gasteiger partial charge in [0.2, 0.25) is 0 Å². The van der Waals surface area contributed by atoms with Gasteiger partial charge in [-0.15, -0.1) is 0 Å². The van der Waals surface area contributed by atoms with Crippen molar-refractivity contribution >= 4 is 22.7 Å². The van der Waals surface area contributed by atoms with Crippen LogP contribution in [0.25, 0.3) is 10.8 Å². The Balaban J connectivity index is 2.66. The van der Waals surface area contributed by atoms with Crippen LogP contribution in [0, 0.1) is 6.92 Å². The normalized spacial score (nSPS) is 11.5. The summed E-state index contributed by atoms with van der Waals surface area (Å²) in [5, 5.41) is 19.0. The zero-order chi connectivity index (χ0) is 14.2. The van der Waals surface area contributed by atoms with Gasteiger partial charge in [0.25, 0.3) is 0 Å². The van der Waals surface area contributed by atoms with Crippen LogP contribution in [0.15, 0.2) is 36.4 Å². The molecule has 0 aliphatic carbocycles. The molecule has 0 unspecified atom stereocenters. The van der Waals surface area contributed by atoms with Crippen LogP contribution in [-0.4, -0.2) is 22.2 Å². The lowest BCUT2D eigenvalue weighted by Crippen LogP contribution is -2.39. The van der Waals surface area contributed by atoms with E-state index in [0.717, 1.165) is 10.9 Å². The highest BCUT2D eigenvalue weighted by molar-refractivity contribution is 6.03. The molecule has 0 saturated carbocycles. The first-order valence-electron chi connectivity index (χ1n) is 5.52. The number of hydrogen-bond acceptors (Lipinski definition) is 2. The summed E-state index contributed by atoms with van der Waals surface area (Å²) in [4.78, 5) is 21.8. The van der Waals surface area contributed by atoms with E-state index in [2.05, 4.69) is 0 Å². The van der Waals surface area contributed by atoms with Gasteiger partial charge < -0.3 is 10.2 Å². The van der Waals surface area contributed by atoms with Crippen molar-refractivity contribution in [1.82, 2.24) is 0 Å². The van der Waals surface area contributed by atoms with Crippen LogP contribution in [0.2, 0.25) is 0 Å². The second kappa shape index (κ2) is 4.35. The number of alkyl halides is 1. The lowest BCUT2D eigenvalue weighted by molar-refractivity contribution is -0.167. The molecule has 2 rings (SSSR count). The molecule has 19 heavy (non-hydrogen) atoms. The molecule has 4 nitrogen and oxygen atoms in total. The van der Waals surface area contributed by atoms with E-state index in [-0.39, 0.29) is 0 Å². The highest BCUT2D eigenvalue weighted by Gasteiger charge is 2.49. The molecule has 5 heteroatoms. The summed E-state index contributed by atoms with van der Waals surface area (Å²) in [5.74, 6) is -4.07. The number of aliphatic carboxylic acids is 2. The largest absolute Gasteiger partial charge is 0.478 e. The third kappa shape index (κ3) is 2.03. The number of carbonyl (C=O) groups is 2. The van der Waals surface area contributed by atoms with Crippen LogP contribution in [-0.2, 0) is 15.3 Å². The summed E-state index contributed by atoms with van der Waals surface area (Å²) in [6.45, 7) is 1.89. The van der Waals surface area contributed by atoms with E-state index >= 15 is 0 Å². The van der Waals surface area contributed by atoms with Gasteiger partial charge in [-0.05, 0) is 23.8 Å². The van der Waals surface area contributed by atoms with Crippen LogP contribution in [0.3, 0.4) is 0 Å². The van der Waals surface area contributed by atoms with Crippen molar-refractivity contribution in [1.29, 1.82) is 0 Å². The van der Waals surface area contributed by atoms with Gasteiger partial charge in [0.1, 0.15) is 0 Å². The Bertz CT molecular complexity index is 664. The molecule has 0 aliphatic rings. The molecule has 0 heterocycles. The van der Waals surface area contributed by atoms with Gasteiger partial charge in [-0.1, -0.05) is 35.9 Å². The molecule has 2 aromatic rings. The van der Waals surface area contributed by atoms with Gasteiger partial charge in [0.15, 0.2) is 0 Å². The minimum atomic E-state index is -3.43. The summed E-state index contributed by atoms with van der Waals surface area (Å²) in [6, 6.07) is 9.27.